The number of hydrogen-bond acceptors (Lipinski definition) is 6. The lowest BCUT2D eigenvalue weighted by atomic mass is 10.1. The second-order valence-electron chi connectivity index (χ2n) is 4.16. The van der Waals surface area contributed by atoms with Crippen molar-refractivity contribution < 1.29 is 4.92 Å². The van der Waals surface area contributed by atoms with E-state index in [1.807, 2.05) is 6.26 Å². The molecule has 0 aliphatic heterocycles. The number of non-ortho nitro benzene ring substituents is 1. The lowest BCUT2D eigenvalue weighted by Crippen LogP contribution is -2.07. The third-order valence-corrected chi connectivity index (χ3v) is 3.47. The summed E-state index contributed by atoms with van der Waals surface area (Å²) in [5, 5.41) is 14.7. The van der Waals surface area contributed by atoms with E-state index in [2.05, 4.69) is 15.3 Å². The number of nitrogens with one attached hydrogen (secondary N) is 1. The van der Waals surface area contributed by atoms with Gasteiger partial charge in [0, 0.05) is 24.7 Å². The van der Waals surface area contributed by atoms with Gasteiger partial charge in [0.2, 0.25) is 0 Å². The maximum atomic E-state index is 10.6. The molecule has 0 aliphatic rings. The van der Waals surface area contributed by atoms with E-state index in [0.717, 1.165) is 12.0 Å². The Morgan fingerprint density at radius 2 is 2.05 bits per heavy atom. The average Bonchev–Trinajstić information content (AvgIpc) is 2.47. The molecule has 2 rings (SSSR count). The number of hydrogen-bond donors (Lipinski definition) is 1. The second kappa shape index (κ2) is 7.24. The van der Waals surface area contributed by atoms with Crippen LogP contribution in [-0.2, 0) is 6.42 Å². The maximum Gasteiger partial charge on any atom is 0.269 e. The van der Waals surface area contributed by atoms with Crippen molar-refractivity contribution in [3.63, 3.8) is 0 Å². The van der Waals surface area contributed by atoms with Crippen LogP contribution in [0.3, 0.4) is 0 Å². The van der Waals surface area contributed by atoms with Gasteiger partial charge in [-0.05, 0) is 18.2 Å². The van der Waals surface area contributed by atoms with Crippen LogP contribution < -0.4 is 5.32 Å². The van der Waals surface area contributed by atoms with E-state index in [9.17, 15) is 10.1 Å². The molecule has 0 atom stereocenters. The van der Waals surface area contributed by atoms with E-state index in [1.165, 1.54) is 23.9 Å². The minimum Gasteiger partial charge on any atom is -0.370 e. The molecule has 2 aromatic rings. The molecule has 0 fully saturated rings. The fourth-order valence-electron chi connectivity index (χ4n) is 1.70. The van der Waals surface area contributed by atoms with Gasteiger partial charge in [-0.2, -0.15) is 0 Å². The molecule has 0 saturated carbocycles. The summed E-state index contributed by atoms with van der Waals surface area (Å²) in [6.45, 7) is 0.652. The number of halogens is 1. The zero-order valence-electron chi connectivity index (χ0n) is 11.2. The van der Waals surface area contributed by atoms with Gasteiger partial charge in [0.05, 0.1) is 4.92 Å². The number of nitro groups is 1. The van der Waals surface area contributed by atoms with Crippen LogP contribution in [0.2, 0.25) is 5.15 Å². The Hall–Kier alpha value is -1.86. The molecular formula is C13H13ClN4O2S. The molecule has 0 aliphatic carbocycles. The van der Waals surface area contributed by atoms with Crippen LogP contribution in [0.25, 0.3) is 0 Å². The SMILES string of the molecule is CSc1nc(Cl)cc(NCCc2ccc([N+](=O)[O-])cc2)n1. The monoisotopic (exact) mass is 324 g/mol. The second-order valence-corrected chi connectivity index (χ2v) is 5.32. The lowest BCUT2D eigenvalue weighted by Gasteiger charge is -2.07. The zero-order valence-corrected chi connectivity index (χ0v) is 12.8. The summed E-state index contributed by atoms with van der Waals surface area (Å²) in [5.74, 6) is 0.668. The number of aromatic nitrogens is 2. The highest BCUT2D eigenvalue weighted by molar-refractivity contribution is 7.98. The van der Waals surface area contributed by atoms with Crippen molar-refractivity contribution in [1.82, 2.24) is 9.97 Å². The van der Waals surface area contributed by atoms with Crippen LogP contribution in [0.1, 0.15) is 5.56 Å². The lowest BCUT2D eigenvalue weighted by molar-refractivity contribution is -0.384. The largest absolute Gasteiger partial charge is 0.370 e. The van der Waals surface area contributed by atoms with Crippen molar-refractivity contribution in [2.75, 3.05) is 18.1 Å². The summed E-state index contributed by atoms with van der Waals surface area (Å²) in [4.78, 5) is 18.5. The molecule has 8 heteroatoms. The molecule has 0 amide bonds. The molecule has 0 unspecified atom stereocenters. The van der Waals surface area contributed by atoms with Crippen LogP contribution in [-0.4, -0.2) is 27.7 Å². The maximum absolute atomic E-state index is 10.6. The Labute approximate surface area is 131 Å². The number of thioether (sulfide) groups is 1. The van der Waals surface area contributed by atoms with E-state index in [1.54, 1.807) is 18.2 Å². The van der Waals surface area contributed by atoms with Gasteiger partial charge in [0.1, 0.15) is 11.0 Å². The topological polar surface area (TPSA) is 81.0 Å². The standard InChI is InChI=1S/C13H13ClN4O2S/c1-21-13-16-11(14)8-12(17-13)15-7-6-9-2-4-10(5-3-9)18(19)20/h2-5,8H,6-7H2,1H3,(H,15,16,17). The number of nitro benzene ring substituents is 1. The van der Waals surface area contributed by atoms with E-state index >= 15 is 0 Å². The van der Waals surface area contributed by atoms with Crippen LogP contribution in [0.5, 0.6) is 0 Å². The number of benzene rings is 1. The molecule has 1 heterocycles. The molecule has 0 saturated heterocycles. The van der Waals surface area contributed by atoms with Gasteiger partial charge < -0.3 is 5.32 Å². The molecule has 1 aromatic heterocycles. The average molecular weight is 325 g/mol. The van der Waals surface area contributed by atoms with Crippen molar-refractivity contribution in [2.45, 2.75) is 11.6 Å². The van der Waals surface area contributed by atoms with Gasteiger partial charge in [-0.3, -0.25) is 10.1 Å². The molecule has 1 aromatic carbocycles. The summed E-state index contributed by atoms with van der Waals surface area (Å²) >= 11 is 7.32. The van der Waals surface area contributed by atoms with Crippen LogP contribution in [0.15, 0.2) is 35.5 Å². The Balaban J connectivity index is 1.92. The molecule has 21 heavy (non-hydrogen) atoms. The first kappa shape index (κ1) is 15.5. The quantitative estimate of drug-likeness (QED) is 0.288. The van der Waals surface area contributed by atoms with Gasteiger partial charge in [-0.1, -0.05) is 35.5 Å². The predicted molar refractivity (Wildman–Crippen MR) is 84.1 cm³/mol. The molecule has 0 spiro atoms. The first-order chi connectivity index (χ1) is 10.1. The fraction of sp³-hybridized carbons (Fsp3) is 0.231. The Bertz CT molecular complexity index is 637. The van der Waals surface area contributed by atoms with E-state index in [4.69, 9.17) is 11.6 Å². The summed E-state index contributed by atoms with van der Waals surface area (Å²) in [6.07, 6.45) is 2.61. The molecule has 0 bridgehead atoms. The predicted octanol–water partition coefficient (Wildman–Crippen LogP) is 3.41. The van der Waals surface area contributed by atoms with Crippen molar-refractivity contribution >= 4 is 34.9 Å². The third kappa shape index (κ3) is 4.57. The Morgan fingerprint density at radius 1 is 1.33 bits per heavy atom. The summed E-state index contributed by atoms with van der Waals surface area (Å²) in [7, 11) is 0. The molecule has 1 N–H and O–H groups in total. The minimum atomic E-state index is -0.408. The molecule has 6 nitrogen and oxygen atoms in total. The van der Waals surface area contributed by atoms with Crippen LogP contribution >= 0.6 is 23.4 Å². The highest BCUT2D eigenvalue weighted by atomic mass is 35.5. The van der Waals surface area contributed by atoms with Crippen LogP contribution in [0, 0.1) is 10.1 Å². The zero-order chi connectivity index (χ0) is 15.2. The van der Waals surface area contributed by atoms with Gasteiger partial charge in [-0.25, -0.2) is 9.97 Å². The van der Waals surface area contributed by atoms with Gasteiger partial charge in [-0.15, -0.1) is 0 Å². The molecule has 110 valence electrons. The number of nitrogens with zero attached hydrogens (tertiary/aromatic N) is 3. The molecule has 0 radical (unpaired) electrons. The Kier molecular flexibility index (Phi) is 5.35. The summed E-state index contributed by atoms with van der Waals surface area (Å²) < 4.78 is 0. The number of anilines is 1. The smallest absolute Gasteiger partial charge is 0.269 e. The van der Waals surface area contributed by atoms with Gasteiger partial charge in [0.25, 0.3) is 5.69 Å². The number of rotatable bonds is 6. The van der Waals surface area contributed by atoms with Gasteiger partial charge >= 0.3 is 0 Å². The highest BCUT2D eigenvalue weighted by Crippen LogP contribution is 2.17. The van der Waals surface area contributed by atoms with Crippen molar-refractivity contribution in [3.8, 4) is 0 Å². The first-order valence-corrected chi connectivity index (χ1v) is 7.74. The minimum absolute atomic E-state index is 0.0962. The van der Waals surface area contributed by atoms with Crippen molar-refractivity contribution in [3.05, 3.63) is 51.2 Å². The first-order valence-electron chi connectivity index (χ1n) is 6.14. The van der Waals surface area contributed by atoms with Crippen LogP contribution in [0.4, 0.5) is 11.5 Å². The highest BCUT2D eigenvalue weighted by Gasteiger charge is 2.05. The van der Waals surface area contributed by atoms with E-state index in [0.29, 0.717) is 22.7 Å². The third-order valence-electron chi connectivity index (χ3n) is 2.72. The Morgan fingerprint density at radius 3 is 2.67 bits per heavy atom. The fourth-order valence-corrected chi connectivity index (χ4v) is 2.31. The van der Waals surface area contributed by atoms with Crippen molar-refractivity contribution in [1.29, 1.82) is 0 Å². The van der Waals surface area contributed by atoms with E-state index < -0.39 is 4.92 Å². The van der Waals surface area contributed by atoms with Crippen molar-refractivity contribution in [2.24, 2.45) is 0 Å². The van der Waals surface area contributed by atoms with E-state index in [-0.39, 0.29) is 5.69 Å². The summed E-state index contributed by atoms with van der Waals surface area (Å²) in [5.41, 5.74) is 1.11. The molecular weight excluding hydrogens is 312 g/mol. The summed E-state index contributed by atoms with van der Waals surface area (Å²) in [6, 6.07) is 8.17. The van der Waals surface area contributed by atoms with Gasteiger partial charge in [0.15, 0.2) is 5.16 Å². The normalized spacial score (nSPS) is 10.4.